The SMILES string of the molecule is CCC1(C)CN(C(=O)NCc2ccc(F)c(COC)c2)CCO1. The van der Waals surface area contributed by atoms with Crippen LogP contribution in [0.5, 0.6) is 0 Å². The van der Waals surface area contributed by atoms with Crippen LogP contribution in [0.25, 0.3) is 0 Å². The Labute approximate surface area is 136 Å². The first-order chi connectivity index (χ1) is 11.0. The van der Waals surface area contributed by atoms with Gasteiger partial charge in [-0.3, -0.25) is 0 Å². The first kappa shape index (κ1) is 17.7. The van der Waals surface area contributed by atoms with Crippen molar-refractivity contribution in [1.82, 2.24) is 10.2 Å². The van der Waals surface area contributed by atoms with Crippen molar-refractivity contribution in [2.75, 3.05) is 26.8 Å². The molecule has 1 aromatic rings. The molecule has 1 saturated heterocycles. The summed E-state index contributed by atoms with van der Waals surface area (Å²) in [7, 11) is 1.52. The number of halogens is 1. The Morgan fingerprint density at radius 2 is 2.30 bits per heavy atom. The van der Waals surface area contributed by atoms with Gasteiger partial charge in [-0.15, -0.1) is 0 Å². The van der Waals surface area contributed by atoms with E-state index in [0.717, 1.165) is 12.0 Å². The second-order valence-electron chi connectivity index (χ2n) is 6.09. The predicted octanol–water partition coefficient (Wildman–Crippen LogP) is 2.68. The van der Waals surface area contributed by atoms with Gasteiger partial charge in [0.25, 0.3) is 0 Å². The minimum atomic E-state index is -0.297. The Morgan fingerprint density at radius 1 is 1.52 bits per heavy atom. The van der Waals surface area contributed by atoms with Gasteiger partial charge in [0, 0.05) is 25.8 Å². The first-order valence-electron chi connectivity index (χ1n) is 7.90. The van der Waals surface area contributed by atoms with E-state index in [1.54, 1.807) is 17.0 Å². The molecule has 2 amide bonds. The second kappa shape index (κ2) is 7.75. The van der Waals surface area contributed by atoms with E-state index in [2.05, 4.69) is 12.2 Å². The van der Waals surface area contributed by atoms with Gasteiger partial charge in [0.2, 0.25) is 0 Å². The van der Waals surface area contributed by atoms with E-state index in [0.29, 0.717) is 31.8 Å². The molecule has 0 spiro atoms. The number of carbonyl (C=O) groups is 1. The number of amides is 2. The first-order valence-corrected chi connectivity index (χ1v) is 7.90. The lowest BCUT2D eigenvalue weighted by Crippen LogP contribution is -2.54. The number of ether oxygens (including phenoxy) is 2. The Bertz CT molecular complexity index is 553. The maximum absolute atomic E-state index is 13.6. The summed E-state index contributed by atoms with van der Waals surface area (Å²) in [6.45, 7) is 6.35. The van der Waals surface area contributed by atoms with Crippen LogP contribution in [-0.2, 0) is 22.6 Å². The smallest absolute Gasteiger partial charge is 0.317 e. The highest BCUT2D eigenvalue weighted by molar-refractivity contribution is 5.74. The van der Waals surface area contributed by atoms with Gasteiger partial charge in [-0.25, -0.2) is 9.18 Å². The summed E-state index contributed by atoms with van der Waals surface area (Å²) >= 11 is 0. The maximum atomic E-state index is 13.6. The Kier molecular flexibility index (Phi) is 5.96. The average Bonchev–Trinajstić information content (AvgIpc) is 2.55. The summed E-state index contributed by atoms with van der Waals surface area (Å²) in [5.74, 6) is -0.297. The van der Waals surface area contributed by atoms with Crippen molar-refractivity contribution in [3.05, 3.63) is 35.1 Å². The summed E-state index contributed by atoms with van der Waals surface area (Å²) < 4.78 is 24.3. The zero-order valence-corrected chi connectivity index (χ0v) is 14.0. The quantitative estimate of drug-likeness (QED) is 0.906. The Morgan fingerprint density at radius 3 is 3.00 bits per heavy atom. The highest BCUT2D eigenvalue weighted by Gasteiger charge is 2.32. The minimum Gasteiger partial charge on any atom is -0.380 e. The number of rotatable bonds is 5. The molecule has 0 radical (unpaired) electrons. The van der Waals surface area contributed by atoms with Gasteiger partial charge in [0.05, 0.1) is 25.4 Å². The van der Waals surface area contributed by atoms with Crippen molar-refractivity contribution < 1.29 is 18.7 Å². The fourth-order valence-electron chi connectivity index (χ4n) is 2.61. The van der Waals surface area contributed by atoms with E-state index < -0.39 is 0 Å². The van der Waals surface area contributed by atoms with Gasteiger partial charge in [0.1, 0.15) is 5.82 Å². The third-order valence-electron chi connectivity index (χ3n) is 4.23. The molecule has 0 saturated carbocycles. The lowest BCUT2D eigenvalue weighted by Gasteiger charge is -2.39. The van der Waals surface area contributed by atoms with E-state index in [1.807, 2.05) is 6.92 Å². The molecule has 1 aliphatic rings. The van der Waals surface area contributed by atoms with E-state index >= 15 is 0 Å². The molecular weight excluding hydrogens is 299 g/mol. The number of nitrogens with zero attached hydrogens (tertiary/aromatic N) is 1. The van der Waals surface area contributed by atoms with Crippen LogP contribution in [0.15, 0.2) is 18.2 Å². The molecule has 1 N–H and O–H groups in total. The molecule has 0 aliphatic carbocycles. The van der Waals surface area contributed by atoms with E-state index in [1.165, 1.54) is 13.2 Å². The molecule has 1 fully saturated rings. The number of methoxy groups -OCH3 is 1. The molecule has 1 aromatic carbocycles. The standard InChI is InChI=1S/C17H25FN2O3/c1-4-17(2)12-20(7-8-23-17)16(21)19-10-13-5-6-15(18)14(9-13)11-22-3/h5-6,9H,4,7-8,10-12H2,1-3H3,(H,19,21). The van der Waals surface area contributed by atoms with Crippen LogP contribution in [0, 0.1) is 5.82 Å². The largest absolute Gasteiger partial charge is 0.380 e. The van der Waals surface area contributed by atoms with Crippen molar-refractivity contribution in [2.24, 2.45) is 0 Å². The summed E-state index contributed by atoms with van der Waals surface area (Å²) in [5.41, 5.74) is 1.05. The van der Waals surface area contributed by atoms with Gasteiger partial charge in [-0.1, -0.05) is 13.0 Å². The lowest BCUT2D eigenvalue weighted by molar-refractivity contribution is -0.0872. The van der Waals surface area contributed by atoms with Crippen LogP contribution in [0.1, 0.15) is 31.4 Å². The molecule has 6 heteroatoms. The molecule has 1 atom stereocenters. The zero-order valence-electron chi connectivity index (χ0n) is 14.0. The zero-order chi connectivity index (χ0) is 16.9. The fourth-order valence-corrected chi connectivity index (χ4v) is 2.61. The maximum Gasteiger partial charge on any atom is 0.317 e. The van der Waals surface area contributed by atoms with Crippen molar-refractivity contribution in [3.63, 3.8) is 0 Å². The van der Waals surface area contributed by atoms with E-state index in [-0.39, 0.29) is 24.1 Å². The topological polar surface area (TPSA) is 50.8 Å². The van der Waals surface area contributed by atoms with Gasteiger partial charge in [0.15, 0.2) is 0 Å². The monoisotopic (exact) mass is 324 g/mol. The van der Waals surface area contributed by atoms with Crippen LogP contribution in [0.3, 0.4) is 0 Å². The summed E-state index contributed by atoms with van der Waals surface area (Å²) in [6.07, 6.45) is 0.856. The van der Waals surface area contributed by atoms with Crippen molar-refractivity contribution in [3.8, 4) is 0 Å². The van der Waals surface area contributed by atoms with Gasteiger partial charge < -0.3 is 19.7 Å². The molecule has 23 heavy (non-hydrogen) atoms. The number of nitrogens with one attached hydrogen (secondary N) is 1. The van der Waals surface area contributed by atoms with Crippen molar-refractivity contribution in [2.45, 2.75) is 39.0 Å². The molecule has 1 aliphatic heterocycles. The fraction of sp³-hybridized carbons (Fsp3) is 0.588. The number of hydrogen-bond donors (Lipinski definition) is 1. The second-order valence-corrected chi connectivity index (χ2v) is 6.09. The minimum absolute atomic E-state index is 0.120. The highest BCUT2D eigenvalue weighted by Crippen LogP contribution is 2.21. The summed E-state index contributed by atoms with van der Waals surface area (Å²) in [5, 5.41) is 2.89. The number of morpholine rings is 1. The molecule has 2 rings (SSSR count). The van der Waals surface area contributed by atoms with Crippen LogP contribution in [0.4, 0.5) is 9.18 Å². The average molecular weight is 324 g/mol. The number of benzene rings is 1. The number of hydrogen-bond acceptors (Lipinski definition) is 3. The summed E-state index contributed by atoms with van der Waals surface area (Å²) in [6, 6.07) is 4.67. The molecule has 5 nitrogen and oxygen atoms in total. The third kappa shape index (κ3) is 4.65. The van der Waals surface area contributed by atoms with Crippen LogP contribution in [-0.4, -0.2) is 43.3 Å². The number of urea groups is 1. The third-order valence-corrected chi connectivity index (χ3v) is 4.23. The van der Waals surface area contributed by atoms with Gasteiger partial charge in [-0.2, -0.15) is 0 Å². The van der Waals surface area contributed by atoms with Crippen LogP contribution in [0.2, 0.25) is 0 Å². The molecule has 0 aromatic heterocycles. The molecule has 1 heterocycles. The van der Waals surface area contributed by atoms with E-state index in [4.69, 9.17) is 9.47 Å². The molecule has 0 bridgehead atoms. The van der Waals surface area contributed by atoms with Gasteiger partial charge in [-0.05, 0) is 31.0 Å². The Hall–Kier alpha value is -1.66. The van der Waals surface area contributed by atoms with Crippen LogP contribution >= 0.6 is 0 Å². The Balaban J connectivity index is 1.92. The normalized spacial score (nSPS) is 21.3. The van der Waals surface area contributed by atoms with Crippen molar-refractivity contribution >= 4 is 6.03 Å². The molecule has 1 unspecified atom stereocenters. The van der Waals surface area contributed by atoms with Crippen molar-refractivity contribution in [1.29, 1.82) is 0 Å². The van der Waals surface area contributed by atoms with Gasteiger partial charge >= 0.3 is 6.03 Å². The molecule has 128 valence electrons. The predicted molar refractivity (Wildman–Crippen MR) is 85.6 cm³/mol. The highest BCUT2D eigenvalue weighted by atomic mass is 19.1. The van der Waals surface area contributed by atoms with E-state index in [9.17, 15) is 9.18 Å². The molecular formula is C17H25FN2O3. The summed E-state index contributed by atoms with van der Waals surface area (Å²) in [4.78, 5) is 14.1. The number of carbonyl (C=O) groups excluding carboxylic acids is 1. The lowest BCUT2D eigenvalue weighted by atomic mass is 10.0. The van der Waals surface area contributed by atoms with Crippen LogP contribution < -0.4 is 5.32 Å².